The van der Waals surface area contributed by atoms with Crippen molar-refractivity contribution in [2.75, 3.05) is 0 Å². The molecule has 6 heteroatoms. The summed E-state index contributed by atoms with van der Waals surface area (Å²) < 4.78 is 39.9. The average molecular weight is 324 g/mol. The zero-order chi connectivity index (χ0) is 16.8. The smallest absolute Gasteiger partial charge is 0.290 e. The minimum absolute atomic E-state index is 0.290. The highest BCUT2D eigenvalue weighted by Crippen LogP contribution is 2.30. The Bertz CT molecular complexity index is 786. The highest BCUT2D eigenvalue weighted by molar-refractivity contribution is 5.35. The Kier molecular flexibility index (Phi) is 3.86. The van der Waals surface area contributed by atoms with Gasteiger partial charge in [-0.1, -0.05) is 18.2 Å². The lowest BCUT2D eigenvalue weighted by atomic mass is 9.89. The maximum Gasteiger partial charge on any atom is 0.433 e. The van der Waals surface area contributed by atoms with Crippen LogP contribution in [0.1, 0.15) is 53.8 Å². The molecule has 1 aliphatic carbocycles. The summed E-state index contributed by atoms with van der Waals surface area (Å²) in [4.78, 5) is 12.2. The SMILES string of the molecule is Cc1c(C(F)(F)F)[nH]n(C(C)c2ccc3c(c2)CCCC3)c1=O. The summed E-state index contributed by atoms with van der Waals surface area (Å²) in [5, 5.41) is 2.25. The minimum atomic E-state index is -4.55. The molecule has 1 unspecified atom stereocenters. The van der Waals surface area contributed by atoms with Gasteiger partial charge in [0.2, 0.25) is 0 Å². The van der Waals surface area contributed by atoms with Gasteiger partial charge in [-0.2, -0.15) is 13.2 Å². The van der Waals surface area contributed by atoms with Gasteiger partial charge in [0.15, 0.2) is 0 Å². The fourth-order valence-corrected chi connectivity index (χ4v) is 3.25. The molecule has 1 atom stereocenters. The van der Waals surface area contributed by atoms with Crippen LogP contribution in [0, 0.1) is 6.92 Å². The monoisotopic (exact) mass is 324 g/mol. The molecule has 1 N–H and O–H groups in total. The Balaban J connectivity index is 2.01. The van der Waals surface area contributed by atoms with Gasteiger partial charge in [0.05, 0.1) is 6.04 Å². The third-order valence-corrected chi connectivity index (χ3v) is 4.67. The molecule has 1 aromatic heterocycles. The molecule has 0 radical (unpaired) electrons. The normalized spacial score (nSPS) is 16.2. The van der Waals surface area contributed by atoms with E-state index in [9.17, 15) is 18.0 Å². The van der Waals surface area contributed by atoms with Crippen LogP contribution in [0.15, 0.2) is 23.0 Å². The molecule has 2 aromatic rings. The number of aromatic nitrogens is 2. The Morgan fingerprint density at radius 2 is 1.83 bits per heavy atom. The van der Waals surface area contributed by atoms with Gasteiger partial charge in [0, 0.05) is 5.56 Å². The summed E-state index contributed by atoms with van der Waals surface area (Å²) in [6.07, 6.45) is -0.215. The number of rotatable bonds is 2. The number of nitrogens with one attached hydrogen (secondary N) is 1. The van der Waals surface area contributed by atoms with Crippen molar-refractivity contribution in [3.8, 4) is 0 Å². The van der Waals surface area contributed by atoms with Crippen LogP contribution in [-0.2, 0) is 19.0 Å². The molecule has 0 fully saturated rings. The van der Waals surface area contributed by atoms with Crippen LogP contribution in [0.5, 0.6) is 0 Å². The molecule has 1 heterocycles. The number of halogens is 3. The van der Waals surface area contributed by atoms with Gasteiger partial charge in [-0.25, -0.2) is 4.68 Å². The van der Waals surface area contributed by atoms with E-state index in [4.69, 9.17) is 0 Å². The molecule has 124 valence electrons. The van der Waals surface area contributed by atoms with Gasteiger partial charge in [-0.3, -0.25) is 9.89 Å². The zero-order valence-electron chi connectivity index (χ0n) is 13.1. The van der Waals surface area contributed by atoms with E-state index in [1.165, 1.54) is 24.5 Å². The van der Waals surface area contributed by atoms with E-state index in [0.29, 0.717) is 0 Å². The molecule has 1 aromatic carbocycles. The standard InChI is InChI=1S/C17H19F3N2O/c1-10-15(17(18,19)20)21-22(16(10)23)11(2)13-8-7-12-5-3-4-6-14(12)9-13/h7-9,11,21H,3-6H2,1-2H3. The van der Waals surface area contributed by atoms with Crippen molar-refractivity contribution >= 4 is 0 Å². The molecule has 1 aliphatic rings. The van der Waals surface area contributed by atoms with Crippen molar-refractivity contribution < 1.29 is 13.2 Å². The molecule has 0 amide bonds. The summed E-state index contributed by atoms with van der Waals surface area (Å²) in [5.41, 5.74) is 1.52. The number of fused-ring (bicyclic) bond motifs is 1. The second-order valence-electron chi connectivity index (χ2n) is 6.20. The Morgan fingerprint density at radius 3 is 2.43 bits per heavy atom. The molecule has 0 spiro atoms. The Morgan fingerprint density at radius 1 is 1.17 bits per heavy atom. The van der Waals surface area contributed by atoms with Crippen molar-refractivity contribution in [3.63, 3.8) is 0 Å². The fourth-order valence-electron chi connectivity index (χ4n) is 3.25. The van der Waals surface area contributed by atoms with Crippen molar-refractivity contribution in [2.24, 2.45) is 0 Å². The molecule has 0 saturated carbocycles. The summed E-state index contributed by atoms with van der Waals surface area (Å²) in [6, 6.07) is 5.50. The summed E-state index contributed by atoms with van der Waals surface area (Å²) in [5.74, 6) is 0. The first kappa shape index (κ1) is 15.9. The number of nitrogens with zero attached hydrogens (tertiary/aromatic N) is 1. The van der Waals surface area contributed by atoms with Crippen LogP contribution in [0.25, 0.3) is 0 Å². The average Bonchev–Trinajstić information content (AvgIpc) is 2.82. The summed E-state index contributed by atoms with van der Waals surface area (Å²) >= 11 is 0. The van der Waals surface area contributed by atoms with E-state index < -0.39 is 23.5 Å². The van der Waals surface area contributed by atoms with Gasteiger partial charge in [-0.05, 0) is 56.2 Å². The topological polar surface area (TPSA) is 37.8 Å². The maximum absolute atomic E-state index is 12.9. The zero-order valence-corrected chi connectivity index (χ0v) is 13.1. The van der Waals surface area contributed by atoms with Crippen LogP contribution in [0.3, 0.4) is 0 Å². The van der Waals surface area contributed by atoms with Gasteiger partial charge in [0.1, 0.15) is 5.69 Å². The molecular weight excluding hydrogens is 305 g/mol. The first-order valence-electron chi connectivity index (χ1n) is 7.79. The lowest BCUT2D eigenvalue weighted by Gasteiger charge is -2.19. The van der Waals surface area contributed by atoms with Gasteiger partial charge in [0.25, 0.3) is 5.56 Å². The predicted molar refractivity (Wildman–Crippen MR) is 81.7 cm³/mol. The van der Waals surface area contributed by atoms with E-state index in [1.54, 1.807) is 6.92 Å². The van der Waals surface area contributed by atoms with Crippen LogP contribution in [0.2, 0.25) is 0 Å². The lowest BCUT2D eigenvalue weighted by Crippen LogP contribution is -2.22. The molecular formula is C17H19F3N2O. The van der Waals surface area contributed by atoms with Crippen LogP contribution >= 0.6 is 0 Å². The number of benzene rings is 1. The molecule has 3 nitrogen and oxygen atoms in total. The van der Waals surface area contributed by atoms with Crippen molar-refractivity contribution in [3.05, 3.63) is 56.5 Å². The number of H-pyrrole nitrogens is 1. The Labute approximate surface area is 132 Å². The largest absolute Gasteiger partial charge is 0.433 e. The highest BCUT2D eigenvalue weighted by Gasteiger charge is 2.37. The number of aromatic amines is 1. The fraction of sp³-hybridized carbons (Fsp3) is 0.471. The molecule has 23 heavy (non-hydrogen) atoms. The first-order chi connectivity index (χ1) is 10.8. The van der Waals surface area contributed by atoms with E-state index in [-0.39, 0.29) is 5.56 Å². The number of hydrogen-bond acceptors (Lipinski definition) is 1. The van der Waals surface area contributed by atoms with Gasteiger partial charge < -0.3 is 0 Å². The third kappa shape index (κ3) is 2.82. The quantitative estimate of drug-likeness (QED) is 0.891. The van der Waals surface area contributed by atoms with Crippen molar-refractivity contribution in [2.45, 2.75) is 51.7 Å². The molecule has 3 rings (SSSR count). The number of aryl methyl sites for hydroxylation is 2. The van der Waals surface area contributed by atoms with Gasteiger partial charge >= 0.3 is 6.18 Å². The van der Waals surface area contributed by atoms with E-state index in [2.05, 4.69) is 5.10 Å². The number of alkyl halides is 3. The number of hydrogen-bond donors (Lipinski definition) is 1. The summed E-state index contributed by atoms with van der Waals surface area (Å²) in [7, 11) is 0. The second-order valence-corrected chi connectivity index (χ2v) is 6.20. The highest BCUT2D eigenvalue weighted by atomic mass is 19.4. The summed E-state index contributed by atoms with van der Waals surface area (Å²) in [6.45, 7) is 2.94. The van der Waals surface area contributed by atoms with E-state index >= 15 is 0 Å². The predicted octanol–water partition coefficient (Wildman–Crippen LogP) is 3.99. The second kappa shape index (κ2) is 5.58. The lowest BCUT2D eigenvalue weighted by molar-refractivity contribution is -0.142. The maximum atomic E-state index is 12.9. The van der Waals surface area contributed by atoms with Gasteiger partial charge in [-0.15, -0.1) is 0 Å². The van der Waals surface area contributed by atoms with Crippen LogP contribution < -0.4 is 5.56 Å². The van der Waals surface area contributed by atoms with Crippen molar-refractivity contribution in [1.82, 2.24) is 9.78 Å². The molecule has 0 saturated heterocycles. The van der Waals surface area contributed by atoms with E-state index in [1.807, 2.05) is 18.2 Å². The molecule has 0 aliphatic heterocycles. The van der Waals surface area contributed by atoms with Crippen LogP contribution in [-0.4, -0.2) is 9.78 Å². The first-order valence-corrected chi connectivity index (χ1v) is 7.79. The van der Waals surface area contributed by atoms with Crippen molar-refractivity contribution in [1.29, 1.82) is 0 Å². The Hall–Kier alpha value is -1.98. The van der Waals surface area contributed by atoms with Crippen LogP contribution in [0.4, 0.5) is 13.2 Å². The van der Waals surface area contributed by atoms with E-state index in [0.717, 1.165) is 29.5 Å². The molecule has 0 bridgehead atoms. The third-order valence-electron chi connectivity index (χ3n) is 4.67. The minimum Gasteiger partial charge on any atom is -0.290 e.